The molecule has 0 fully saturated rings. The summed E-state index contributed by atoms with van der Waals surface area (Å²) in [5, 5.41) is 5.62. The zero-order valence-electron chi connectivity index (χ0n) is 13.1. The summed E-state index contributed by atoms with van der Waals surface area (Å²) in [4.78, 5) is 34.2. The van der Waals surface area contributed by atoms with E-state index in [1.807, 2.05) is 6.92 Å². The van der Waals surface area contributed by atoms with Crippen LogP contribution >= 0.6 is 23.2 Å². The summed E-state index contributed by atoms with van der Waals surface area (Å²) in [5.74, 6) is -1.36. The topological polar surface area (TPSA) is 93.7 Å². The van der Waals surface area contributed by atoms with Crippen molar-refractivity contribution in [2.45, 2.75) is 13.3 Å². The molecule has 2 N–H and O–H groups in total. The van der Waals surface area contributed by atoms with Crippen molar-refractivity contribution in [3.8, 4) is 5.75 Å². The highest BCUT2D eigenvalue weighted by Gasteiger charge is 2.11. The van der Waals surface area contributed by atoms with Gasteiger partial charge in [-0.25, -0.2) is 4.79 Å². The second-order valence-corrected chi connectivity index (χ2v) is 5.49. The highest BCUT2D eigenvalue weighted by atomic mass is 35.5. The Balaban J connectivity index is 2.23. The molecule has 1 aromatic rings. The van der Waals surface area contributed by atoms with E-state index in [1.165, 1.54) is 12.1 Å². The first kappa shape index (κ1) is 20.1. The van der Waals surface area contributed by atoms with Gasteiger partial charge in [0.05, 0.1) is 11.6 Å². The minimum Gasteiger partial charge on any atom is -0.480 e. The molecule has 1 aromatic carbocycles. The Hall–Kier alpha value is -1.99. The molecular weight excluding hydrogens is 359 g/mol. The third-order valence-electron chi connectivity index (χ3n) is 2.62. The molecular formula is C15H18Cl2N2O5. The lowest BCUT2D eigenvalue weighted by molar-refractivity contribution is -0.150. The molecule has 0 saturated heterocycles. The van der Waals surface area contributed by atoms with Gasteiger partial charge in [-0.05, 0) is 24.6 Å². The van der Waals surface area contributed by atoms with Gasteiger partial charge in [-0.3, -0.25) is 9.59 Å². The number of hydrogen-bond acceptors (Lipinski definition) is 5. The van der Waals surface area contributed by atoms with Gasteiger partial charge in [-0.2, -0.15) is 0 Å². The van der Waals surface area contributed by atoms with Crippen LogP contribution in [-0.4, -0.2) is 44.1 Å². The Morgan fingerprint density at radius 2 is 1.83 bits per heavy atom. The maximum Gasteiger partial charge on any atom is 0.344 e. The van der Waals surface area contributed by atoms with Crippen molar-refractivity contribution >= 4 is 41.0 Å². The number of carbonyl (C=O) groups is 3. The fourth-order valence-electron chi connectivity index (χ4n) is 1.47. The van der Waals surface area contributed by atoms with Crippen LogP contribution in [0.4, 0.5) is 0 Å². The summed E-state index contributed by atoms with van der Waals surface area (Å²) < 4.78 is 9.89. The average molecular weight is 377 g/mol. The van der Waals surface area contributed by atoms with E-state index in [9.17, 15) is 14.4 Å². The largest absolute Gasteiger partial charge is 0.480 e. The first-order chi connectivity index (χ1) is 11.4. The van der Waals surface area contributed by atoms with Crippen LogP contribution in [0.25, 0.3) is 0 Å². The number of halogens is 2. The lowest BCUT2D eigenvalue weighted by atomic mass is 10.3. The number of carbonyl (C=O) groups excluding carboxylic acids is 3. The number of nitrogens with one attached hydrogen (secondary N) is 2. The third-order valence-corrected chi connectivity index (χ3v) is 3.15. The molecule has 0 radical (unpaired) electrons. The highest BCUT2D eigenvalue weighted by molar-refractivity contribution is 6.35. The van der Waals surface area contributed by atoms with E-state index in [0.29, 0.717) is 11.6 Å². The number of ether oxygens (including phenoxy) is 2. The Kier molecular flexibility index (Phi) is 8.96. The minimum atomic E-state index is -0.744. The summed E-state index contributed by atoms with van der Waals surface area (Å²) >= 11 is 11.6. The summed E-state index contributed by atoms with van der Waals surface area (Å²) in [6, 6.07) is 4.55. The summed E-state index contributed by atoms with van der Waals surface area (Å²) in [5.41, 5.74) is 0. The zero-order chi connectivity index (χ0) is 17.9. The van der Waals surface area contributed by atoms with Gasteiger partial charge in [0.2, 0.25) is 5.91 Å². The number of esters is 1. The van der Waals surface area contributed by atoms with E-state index in [2.05, 4.69) is 10.6 Å². The van der Waals surface area contributed by atoms with Gasteiger partial charge in [0.15, 0.2) is 13.2 Å². The number of amides is 2. The van der Waals surface area contributed by atoms with Crippen molar-refractivity contribution in [1.82, 2.24) is 10.6 Å². The molecule has 0 aromatic heterocycles. The van der Waals surface area contributed by atoms with E-state index in [0.717, 1.165) is 6.42 Å². The molecule has 24 heavy (non-hydrogen) atoms. The molecule has 0 spiro atoms. The smallest absolute Gasteiger partial charge is 0.344 e. The quantitative estimate of drug-likeness (QED) is 0.637. The van der Waals surface area contributed by atoms with Crippen LogP contribution in [0.3, 0.4) is 0 Å². The van der Waals surface area contributed by atoms with E-state index in [-0.39, 0.29) is 23.2 Å². The zero-order valence-corrected chi connectivity index (χ0v) is 14.6. The van der Waals surface area contributed by atoms with Crippen LogP contribution in [0.2, 0.25) is 10.0 Å². The molecule has 7 nitrogen and oxygen atoms in total. The highest BCUT2D eigenvalue weighted by Crippen LogP contribution is 2.27. The van der Waals surface area contributed by atoms with E-state index < -0.39 is 25.1 Å². The van der Waals surface area contributed by atoms with Crippen molar-refractivity contribution < 1.29 is 23.9 Å². The summed E-state index contributed by atoms with van der Waals surface area (Å²) in [6.45, 7) is 1.36. The summed E-state index contributed by atoms with van der Waals surface area (Å²) in [6.07, 6.45) is 0.801. The Bertz CT molecular complexity index is 595. The van der Waals surface area contributed by atoms with Crippen LogP contribution in [0.1, 0.15) is 13.3 Å². The van der Waals surface area contributed by atoms with Gasteiger partial charge >= 0.3 is 5.97 Å². The molecule has 2 amide bonds. The molecule has 0 unspecified atom stereocenters. The van der Waals surface area contributed by atoms with Crippen LogP contribution < -0.4 is 15.4 Å². The van der Waals surface area contributed by atoms with Crippen molar-refractivity contribution in [2.75, 3.05) is 26.3 Å². The second kappa shape index (κ2) is 10.7. The molecule has 0 heterocycles. The standard InChI is InChI=1S/C15H18Cl2N2O5/c1-2-5-18-13(20)7-19-14(21)8-24-15(22)9-23-12-4-3-10(16)6-11(12)17/h3-4,6H,2,5,7-9H2,1H3,(H,18,20)(H,19,21). The van der Waals surface area contributed by atoms with Crippen LogP contribution in [0.5, 0.6) is 5.75 Å². The van der Waals surface area contributed by atoms with E-state index >= 15 is 0 Å². The minimum absolute atomic E-state index is 0.173. The third kappa shape index (κ3) is 8.03. The Labute approximate surface area is 149 Å². The second-order valence-electron chi connectivity index (χ2n) is 4.65. The molecule has 0 bridgehead atoms. The van der Waals surface area contributed by atoms with E-state index in [1.54, 1.807) is 6.07 Å². The van der Waals surface area contributed by atoms with Gasteiger partial charge in [-0.1, -0.05) is 30.1 Å². The van der Waals surface area contributed by atoms with E-state index in [4.69, 9.17) is 32.7 Å². The van der Waals surface area contributed by atoms with Gasteiger partial charge in [0, 0.05) is 11.6 Å². The lowest BCUT2D eigenvalue weighted by Gasteiger charge is -2.09. The Morgan fingerprint density at radius 3 is 2.50 bits per heavy atom. The average Bonchev–Trinajstić information content (AvgIpc) is 2.55. The van der Waals surface area contributed by atoms with Crippen molar-refractivity contribution in [2.24, 2.45) is 0 Å². The van der Waals surface area contributed by atoms with Gasteiger partial charge < -0.3 is 20.1 Å². The fraction of sp³-hybridized carbons (Fsp3) is 0.400. The number of rotatable bonds is 9. The monoisotopic (exact) mass is 376 g/mol. The molecule has 9 heteroatoms. The Morgan fingerprint density at radius 1 is 1.08 bits per heavy atom. The van der Waals surface area contributed by atoms with Crippen LogP contribution in [0, 0.1) is 0 Å². The maximum atomic E-state index is 11.5. The predicted octanol–water partition coefficient (Wildman–Crippen LogP) is 1.56. The molecule has 0 aliphatic rings. The first-order valence-electron chi connectivity index (χ1n) is 7.19. The van der Waals surface area contributed by atoms with Crippen molar-refractivity contribution in [3.63, 3.8) is 0 Å². The van der Waals surface area contributed by atoms with Crippen molar-refractivity contribution in [3.05, 3.63) is 28.2 Å². The van der Waals surface area contributed by atoms with Crippen LogP contribution in [-0.2, 0) is 19.1 Å². The molecule has 1 rings (SSSR count). The molecule has 0 aliphatic heterocycles. The molecule has 0 saturated carbocycles. The molecule has 0 aliphatic carbocycles. The van der Waals surface area contributed by atoms with Gasteiger partial charge in [0.25, 0.3) is 5.91 Å². The lowest BCUT2D eigenvalue weighted by Crippen LogP contribution is -2.39. The van der Waals surface area contributed by atoms with Crippen molar-refractivity contribution in [1.29, 1.82) is 0 Å². The SMILES string of the molecule is CCCNC(=O)CNC(=O)COC(=O)COc1ccc(Cl)cc1Cl. The maximum absolute atomic E-state index is 11.5. The van der Waals surface area contributed by atoms with Gasteiger partial charge in [0.1, 0.15) is 5.75 Å². The van der Waals surface area contributed by atoms with Crippen LogP contribution in [0.15, 0.2) is 18.2 Å². The number of hydrogen-bond donors (Lipinski definition) is 2. The molecule has 0 atom stereocenters. The number of benzene rings is 1. The fourth-order valence-corrected chi connectivity index (χ4v) is 1.94. The predicted molar refractivity (Wildman–Crippen MR) is 89.2 cm³/mol. The normalized spacial score (nSPS) is 9.96. The summed E-state index contributed by atoms with van der Waals surface area (Å²) in [7, 11) is 0. The first-order valence-corrected chi connectivity index (χ1v) is 7.94. The molecule has 132 valence electrons. The van der Waals surface area contributed by atoms with Gasteiger partial charge in [-0.15, -0.1) is 0 Å².